The molecule has 1 nitrogen and oxygen atoms in total. The summed E-state index contributed by atoms with van der Waals surface area (Å²) in [6, 6.07) is 12.3. The molecule has 2 aromatic rings. The predicted octanol–water partition coefficient (Wildman–Crippen LogP) is 4.75. The zero-order chi connectivity index (χ0) is 13.8. The summed E-state index contributed by atoms with van der Waals surface area (Å²) in [7, 11) is 0. The lowest BCUT2D eigenvalue weighted by atomic mass is 9.91. The standard InChI is InChI=1S/C18H22O/c1-4-13-10-11-18(19)17(12-13)16-9-7-8-14(5-2)15(16)6-3/h7-12,19H,4-6H2,1-3H3. The van der Waals surface area contributed by atoms with Gasteiger partial charge in [-0.3, -0.25) is 0 Å². The van der Waals surface area contributed by atoms with E-state index < -0.39 is 0 Å². The average molecular weight is 254 g/mol. The monoisotopic (exact) mass is 254 g/mol. The minimum Gasteiger partial charge on any atom is -0.507 e. The quantitative estimate of drug-likeness (QED) is 0.835. The number of hydrogen-bond donors (Lipinski definition) is 1. The second-order valence-electron chi connectivity index (χ2n) is 4.86. The van der Waals surface area contributed by atoms with Gasteiger partial charge in [0.2, 0.25) is 0 Å². The van der Waals surface area contributed by atoms with Crippen LogP contribution < -0.4 is 0 Å². The van der Waals surface area contributed by atoms with E-state index in [4.69, 9.17) is 0 Å². The first-order chi connectivity index (χ1) is 9.21. The largest absolute Gasteiger partial charge is 0.507 e. The molecule has 2 rings (SSSR count). The van der Waals surface area contributed by atoms with Gasteiger partial charge in [-0.25, -0.2) is 0 Å². The summed E-state index contributed by atoms with van der Waals surface area (Å²) in [4.78, 5) is 0. The molecule has 1 N–H and O–H groups in total. The van der Waals surface area contributed by atoms with Crippen LogP contribution in [0.2, 0.25) is 0 Å². The molecule has 0 saturated heterocycles. The van der Waals surface area contributed by atoms with Crippen LogP contribution in [0.4, 0.5) is 0 Å². The van der Waals surface area contributed by atoms with Crippen molar-refractivity contribution in [3.8, 4) is 16.9 Å². The highest BCUT2D eigenvalue weighted by molar-refractivity contribution is 5.74. The lowest BCUT2D eigenvalue weighted by Crippen LogP contribution is -1.95. The van der Waals surface area contributed by atoms with E-state index in [-0.39, 0.29) is 0 Å². The van der Waals surface area contributed by atoms with Crippen LogP contribution in [-0.2, 0) is 19.3 Å². The van der Waals surface area contributed by atoms with Crippen molar-refractivity contribution in [1.82, 2.24) is 0 Å². The molecule has 0 spiro atoms. The number of phenols is 1. The van der Waals surface area contributed by atoms with Crippen LogP contribution in [0.3, 0.4) is 0 Å². The van der Waals surface area contributed by atoms with Crippen molar-refractivity contribution in [3.05, 3.63) is 53.1 Å². The lowest BCUT2D eigenvalue weighted by Gasteiger charge is -2.14. The van der Waals surface area contributed by atoms with Gasteiger partial charge >= 0.3 is 0 Å². The molecule has 2 aromatic carbocycles. The Balaban J connectivity index is 2.64. The van der Waals surface area contributed by atoms with E-state index in [1.807, 2.05) is 12.1 Å². The molecule has 0 heterocycles. The maximum atomic E-state index is 10.2. The molecule has 19 heavy (non-hydrogen) atoms. The minimum absolute atomic E-state index is 0.375. The summed E-state index contributed by atoms with van der Waals surface area (Å²) in [5, 5.41) is 10.2. The SMILES string of the molecule is CCc1ccc(O)c(-c2cccc(CC)c2CC)c1. The number of rotatable bonds is 4. The average Bonchev–Trinajstić information content (AvgIpc) is 2.46. The highest BCUT2D eigenvalue weighted by Gasteiger charge is 2.11. The van der Waals surface area contributed by atoms with Gasteiger partial charge in [0, 0.05) is 5.56 Å². The van der Waals surface area contributed by atoms with Crippen molar-refractivity contribution in [2.75, 3.05) is 0 Å². The van der Waals surface area contributed by atoms with E-state index in [1.165, 1.54) is 22.3 Å². The third kappa shape index (κ3) is 2.65. The van der Waals surface area contributed by atoms with E-state index in [2.05, 4.69) is 45.0 Å². The zero-order valence-corrected chi connectivity index (χ0v) is 12.0. The molecule has 0 amide bonds. The van der Waals surface area contributed by atoms with Crippen LogP contribution in [0.5, 0.6) is 5.75 Å². The number of hydrogen-bond acceptors (Lipinski definition) is 1. The predicted molar refractivity (Wildman–Crippen MR) is 81.7 cm³/mol. The highest BCUT2D eigenvalue weighted by Crippen LogP contribution is 2.34. The van der Waals surface area contributed by atoms with Gasteiger partial charge in [0.05, 0.1) is 0 Å². The molecule has 0 saturated carbocycles. The summed E-state index contributed by atoms with van der Waals surface area (Å²) in [5.41, 5.74) is 6.13. The Labute approximate surface area is 115 Å². The molecule has 0 bridgehead atoms. The first-order valence-electron chi connectivity index (χ1n) is 7.14. The van der Waals surface area contributed by atoms with Gasteiger partial charge in [-0.1, -0.05) is 45.0 Å². The summed E-state index contributed by atoms with van der Waals surface area (Å²) in [6.45, 7) is 6.50. The van der Waals surface area contributed by atoms with Crippen molar-refractivity contribution in [2.24, 2.45) is 0 Å². The Morgan fingerprint density at radius 1 is 0.842 bits per heavy atom. The summed E-state index contributed by atoms with van der Waals surface area (Å²) >= 11 is 0. The van der Waals surface area contributed by atoms with Crippen molar-refractivity contribution in [3.63, 3.8) is 0 Å². The lowest BCUT2D eigenvalue weighted by molar-refractivity contribution is 0.477. The normalized spacial score (nSPS) is 10.7. The third-order valence-corrected chi connectivity index (χ3v) is 3.77. The molecule has 100 valence electrons. The van der Waals surface area contributed by atoms with E-state index in [0.29, 0.717) is 5.75 Å². The number of benzene rings is 2. The minimum atomic E-state index is 0.375. The molecule has 0 aliphatic heterocycles. The van der Waals surface area contributed by atoms with Gasteiger partial charge in [-0.2, -0.15) is 0 Å². The number of phenolic OH excluding ortho intramolecular Hbond substituents is 1. The third-order valence-electron chi connectivity index (χ3n) is 3.77. The Morgan fingerprint density at radius 2 is 1.63 bits per heavy atom. The van der Waals surface area contributed by atoms with Crippen LogP contribution in [0.15, 0.2) is 36.4 Å². The Bertz CT molecular complexity index is 570. The second-order valence-corrected chi connectivity index (χ2v) is 4.86. The van der Waals surface area contributed by atoms with Crippen molar-refractivity contribution < 1.29 is 5.11 Å². The van der Waals surface area contributed by atoms with Crippen LogP contribution in [0.25, 0.3) is 11.1 Å². The molecular weight excluding hydrogens is 232 g/mol. The van der Waals surface area contributed by atoms with Crippen molar-refractivity contribution >= 4 is 0 Å². The zero-order valence-electron chi connectivity index (χ0n) is 12.0. The van der Waals surface area contributed by atoms with Gasteiger partial charge in [-0.15, -0.1) is 0 Å². The van der Waals surface area contributed by atoms with E-state index in [1.54, 1.807) is 0 Å². The fourth-order valence-electron chi connectivity index (χ4n) is 2.65. The summed E-state index contributed by atoms with van der Waals surface area (Å²) < 4.78 is 0. The highest BCUT2D eigenvalue weighted by atomic mass is 16.3. The maximum Gasteiger partial charge on any atom is 0.123 e. The Kier molecular flexibility index (Phi) is 4.26. The first-order valence-corrected chi connectivity index (χ1v) is 7.14. The van der Waals surface area contributed by atoms with Gasteiger partial charge in [0.15, 0.2) is 0 Å². The van der Waals surface area contributed by atoms with Crippen LogP contribution in [-0.4, -0.2) is 5.11 Å². The van der Waals surface area contributed by atoms with Crippen LogP contribution in [0, 0.1) is 0 Å². The summed E-state index contributed by atoms with van der Waals surface area (Å²) in [5.74, 6) is 0.375. The number of aromatic hydroxyl groups is 1. The van der Waals surface area contributed by atoms with E-state index in [9.17, 15) is 5.11 Å². The van der Waals surface area contributed by atoms with Crippen molar-refractivity contribution in [2.45, 2.75) is 40.0 Å². The van der Waals surface area contributed by atoms with Gasteiger partial charge in [0.1, 0.15) is 5.75 Å². The van der Waals surface area contributed by atoms with Crippen molar-refractivity contribution in [1.29, 1.82) is 0 Å². The van der Waals surface area contributed by atoms with E-state index in [0.717, 1.165) is 24.8 Å². The molecule has 0 unspecified atom stereocenters. The Hall–Kier alpha value is -1.76. The molecule has 0 aliphatic carbocycles. The van der Waals surface area contributed by atoms with Crippen LogP contribution in [0.1, 0.15) is 37.5 Å². The fraction of sp³-hybridized carbons (Fsp3) is 0.333. The smallest absolute Gasteiger partial charge is 0.123 e. The maximum absolute atomic E-state index is 10.2. The molecular formula is C18H22O. The van der Waals surface area contributed by atoms with Gasteiger partial charge in [-0.05, 0) is 53.6 Å². The van der Waals surface area contributed by atoms with Gasteiger partial charge in [0.25, 0.3) is 0 Å². The van der Waals surface area contributed by atoms with Crippen LogP contribution >= 0.6 is 0 Å². The fourth-order valence-corrected chi connectivity index (χ4v) is 2.65. The molecule has 0 fully saturated rings. The molecule has 0 aromatic heterocycles. The summed E-state index contributed by atoms with van der Waals surface area (Å²) in [6.07, 6.45) is 3.02. The number of aryl methyl sites for hydroxylation is 2. The van der Waals surface area contributed by atoms with E-state index >= 15 is 0 Å². The molecule has 1 heteroatoms. The molecule has 0 radical (unpaired) electrons. The van der Waals surface area contributed by atoms with Gasteiger partial charge < -0.3 is 5.11 Å². The topological polar surface area (TPSA) is 20.2 Å². The molecule has 0 aliphatic rings. The molecule has 0 atom stereocenters. The first kappa shape index (κ1) is 13.7. The second kappa shape index (κ2) is 5.92. The Morgan fingerprint density at radius 3 is 2.26 bits per heavy atom.